The summed E-state index contributed by atoms with van der Waals surface area (Å²) in [7, 11) is 0. The van der Waals surface area contributed by atoms with E-state index in [9.17, 15) is 14.7 Å². The molecule has 5 heteroatoms. The highest BCUT2D eigenvalue weighted by Crippen LogP contribution is 2.38. The van der Waals surface area contributed by atoms with Crippen LogP contribution in [0.15, 0.2) is 0 Å². The van der Waals surface area contributed by atoms with E-state index in [2.05, 4.69) is 19.2 Å². The van der Waals surface area contributed by atoms with Gasteiger partial charge in [-0.2, -0.15) is 0 Å². The van der Waals surface area contributed by atoms with Crippen molar-refractivity contribution in [3.8, 4) is 0 Å². The van der Waals surface area contributed by atoms with Gasteiger partial charge in [0.05, 0.1) is 6.10 Å². The summed E-state index contributed by atoms with van der Waals surface area (Å²) >= 11 is 0. The molecule has 3 fully saturated rings. The smallest absolute Gasteiger partial charge is 0.311 e. The van der Waals surface area contributed by atoms with E-state index in [-0.39, 0.29) is 18.1 Å². The molecule has 0 aromatic carbocycles. The maximum atomic E-state index is 12.4. The molecule has 0 aromatic heterocycles. The quantitative estimate of drug-likeness (QED) is 0.714. The monoisotopic (exact) mass is 308 g/mol. The van der Waals surface area contributed by atoms with Crippen molar-refractivity contribution >= 4 is 11.8 Å². The molecular weight excluding hydrogens is 280 g/mol. The highest BCUT2D eigenvalue weighted by atomic mass is 16.3. The van der Waals surface area contributed by atoms with Crippen LogP contribution in [0.25, 0.3) is 0 Å². The Labute approximate surface area is 132 Å². The van der Waals surface area contributed by atoms with E-state index in [1.54, 1.807) is 4.90 Å². The number of carbonyl (C=O) groups is 2. The first kappa shape index (κ1) is 15.8. The first-order chi connectivity index (χ1) is 10.5. The second-order valence-corrected chi connectivity index (χ2v) is 7.75. The molecule has 3 unspecified atom stereocenters. The Morgan fingerprint density at radius 1 is 1.09 bits per heavy atom. The topological polar surface area (TPSA) is 69.6 Å². The van der Waals surface area contributed by atoms with Crippen LogP contribution in [0.1, 0.15) is 46.0 Å². The number of amides is 2. The minimum Gasteiger partial charge on any atom is -0.393 e. The number of aliphatic hydroxyl groups is 1. The fourth-order valence-corrected chi connectivity index (χ4v) is 4.66. The molecule has 0 radical (unpaired) electrons. The van der Waals surface area contributed by atoms with Crippen molar-refractivity contribution in [1.82, 2.24) is 10.2 Å². The van der Waals surface area contributed by atoms with Crippen molar-refractivity contribution in [2.75, 3.05) is 13.1 Å². The molecule has 22 heavy (non-hydrogen) atoms. The van der Waals surface area contributed by atoms with Crippen molar-refractivity contribution in [2.24, 2.45) is 23.7 Å². The van der Waals surface area contributed by atoms with Crippen LogP contribution in [0, 0.1) is 23.7 Å². The zero-order valence-electron chi connectivity index (χ0n) is 13.6. The lowest BCUT2D eigenvalue weighted by molar-refractivity contribution is -0.146. The molecule has 1 heterocycles. The molecule has 2 saturated carbocycles. The number of carbonyl (C=O) groups excluding carboxylic acids is 2. The summed E-state index contributed by atoms with van der Waals surface area (Å²) in [6, 6.07) is 0.125. The summed E-state index contributed by atoms with van der Waals surface area (Å²) in [5.41, 5.74) is 0. The van der Waals surface area contributed by atoms with Gasteiger partial charge in [0.15, 0.2) is 0 Å². The predicted octanol–water partition coefficient (Wildman–Crippen LogP) is 1.16. The minimum atomic E-state index is -0.458. The number of hydrogen-bond donors (Lipinski definition) is 2. The lowest BCUT2D eigenvalue weighted by atomic mass is 9.80. The number of nitrogens with zero attached hydrogens (tertiary/aromatic N) is 1. The second-order valence-electron chi connectivity index (χ2n) is 7.75. The lowest BCUT2D eigenvalue weighted by Crippen LogP contribution is -2.49. The Morgan fingerprint density at radius 2 is 1.86 bits per heavy atom. The molecule has 0 aromatic rings. The lowest BCUT2D eigenvalue weighted by Gasteiger charge is -2.33. The third-order valence-electron chi connectivity index (χ3n) is 6.05. The number of fused-ring (bicyclic) bond motifs is 1. The van der Waals surface area contributed by atoms with Crippen molar-refractivity contribution in [1.29, 1.82) is 0 Å². The Balaban J connectivity index is 1.53. The minimum absolute atomic E-state index is 0.125. The summed E-state index contributed by atoms with van der Waals surface area (Å²) in [5, 5.41) is 12.9. The van der Waals surface area contributed by atoms with Gasteiger partial charge in [0, 0.05) is 25.0 Å². The largest absolute Gasteiger partial charge is 0.393 e. The predicted molar refractivity (Wildman–Crippen MR) is 82.9 cm³/mol. The molecule has 0 spiro atoms. The van der Waals surface area contributed by atoms with Crippen molar-refractivity contribution in [3.05, 3.63) is 0 Å². The molecule has 1 saturated heterocycles. The molecule has 2 amide bonds. The van der Waals surface area contributed by atoms with Gasteiger partial charge in [-0.25, -0.2) is 0 Å². The molecule has 0 bridgehead atoms. The van der Waals surface area contributed by atoms with Crippen LogP contribution in [0.2, 0.25) is 0 Å². The van der Waals surface area contributed by atoms with Crippen molar-refractivity contribution in [3.63, 3.8) is 0 Å². The van der Waals surface area contributed by atoms with Gasteiger partial charge < -0.3 is 15.3 Å². The van der Waals surface area contributed by atoms with E-state index in [1.165, 1.54) is 0 Å². The fraction of sp³-hybridized carbons (Fsp3) is 0.882. The van der Waals surface area contributed by atoms with Gasteiger partial charge in [-0.15, -0.1) is 0 Å². The van der Waals surface area contributed by atoms with Crippen LogP contribution in [0.3, 0.4) is 0 Å². The van der Waals surface area contributed by atoms with E-state index >= 15 is 0 Å². The molecule has 1 aliphatic heterocycles. The molecule has 3 aliphatic rings. The van der Waals surface area contributed by atoms with Crippen molar-refractivity contribution in [2.45, 2.75) is 58.1 Å². The average molecular weight is 308 g/mol. The summed E-state index contributed by atoms with van der Waals surface area (Å²) in [5.74, 6) is 0.819. The average Bonchev–Trinajstić information content (AvgIpc) is 3.03. The molecular formula is C17H28N2O3. The SMILES string of the molecule is CC1CCC(NC(=O)C(=O)N2C[C@@H]3CC[C@H](O)[C@@H]3C2)C(C)C1. The highest BCUT2D eigenvalue weighted by molar-refractivity contribution is 6.35. The van der Waals surface area contributed by atoms with Gasteiger partial charge in [0.25, 0.3) is 0 Å². The first-order valence-electron chi connectivity index (χ1n) is 8.73. The van der Waals surface area contributed by atoms with Crippen LogP contribution in [0.5, 0.6) is 0 Å². The van der Waals surface area contributed by atoms with E-state index in [4.69, 9.17) is 0 Å². The molecule has 2 N–H and O–H groups in total. The molecule has 124 valence electrons. The Morgan fingerprint density at radius 3 is 2.55 bits per heavy atom. The van der Waals surface area contributed by atoms with Crippen molar-refractivity contribution < 1.29 is 14.7 Å². The van der Waals surface area contributed by atoms with E-state index in [0.29, 0.717) is 30.8 Å². The normalized spacial score (nSPS) is 41.3. The van der Waals surface area contributed by atoms with Gasteiger partial charge in [-0.3, -0.25) is 9.59 Å². The number of nitrogens with one attached hydrogen (secondary N) is 1. The van der Waals surface area contributed by atoms with Crippen LogP contribution >= 0.6 is 0 Å². The third kappa shape index (κ3) is 3.00. The zero-order valence-corrected chi connectivity index (χ0v) is 13.6. The summed E-state index contributed by atoms with van der Waals surface area (Å²) in [6.45, 7) is 5.57. The third-order valence-corrected chi connectivity index (χ3v) is 6.05. The summed E-state index contributed by atoms with van der Waals surface area (Å²) in [4.78, 5) is 26.3. The van der Waals surface area contributed by atoms with Gasteiger partial charge in [0.2, 0.25) is 0 Å². The molecule has 2 aliphatic carbocycles. The Kier molecular flexibility index (Phi) is 4.44. The fourth-order valence-electron chi connectivity index (χ4n) is 4.66. The molecule has 6 atom stereocenters. The van der Waals surface area contributed by atoms with E-state index < -0.39 is 11.8 Å². The van der Waals surface area contributed by atoms with Gasteiger partial charge in [0.1, 0.15) is 0 Å². The van der Waals surface area contributed by atoms with Crippen LogP contribution in [-0.4, -0.2) is 47.1 Å². The Hall–Kier alpha value is -1.10. The van der Waals surface area contributed by atoms with E-state index in [1.807, 2.05) is 0 Å². The Bertz CT molecular complexity index is 453. The maximum absolute atomic E-state index is 12.4. The van der Waals surface area contributed by atoms with Gasteiger partial charge >= 0.3 is 11.8 Å². The van der Waals surface area contributed by atoms with Gasteiger partial charge in [-0.1, -0.05) is 13.8 Å². The molecule has 3 rings (SSSR count). The number of aliphatic hydroxyl groups excluding tert-OH is 1. The number of likely N-dealkylation sites (tertiary alicyclic amines) is 1. The van der Waals surface area contributed by atoms with E-state index in [0.717, 1.165) is 32.1 Å². The summed E-state index contributed by atoms with van der Waals surface area (Å²) in [6.07, 6.45) is 4.69. The summed E-state index contributed by atoms with van der Waals surface area (Å²) < 4.78 is 0. The number of hydrogen-bond acceptors (Lipinski definition) is 3. The highest BCUT2D eigenvalue weighted by Gasteiger charge is 2.44. The number of rotatable bonds is 1. The molecule has 5 nitrogen and oxygen atoms in total. The van der Waals surface area contributed by atoms with Crippen LogP contribution in [-0.2, 0) is 9.59 Å². The standard InChI is InChI=1S/C17H28N2O3/c1-10-3-5-14(11(2)7-10)18-16(21)17(22)19-8-12-4-6-15(20)13(12)9-19/h10-15,20H,3-9H2,1-2H3,(H,18,21)/t10?,11?,12-,13+,14?,15-/m0/s1. The van der Waals surface area contributed by atoms with Gasteiger partial charge in [-0.05, 0) is 49.9 Å². The maximum Gasteiger partial charge on any atom is 0.311 e. The first-order valence-corrected chi connectivity index (χ1v) is 8.73. The second kappa shape index (κ2) is 6.19. The zero-order chi connectivity index (χ0) is 15.9. The van der Waals surface area contributed by atoms with Crippen LogP contribution in [0.4, 0.5) is 0 Å². The van der Waals surface area contributed by atoms with Crippen LogP contribution < -0.4 is 5.32 Å².